The van der Waals surface area contributed by atoms with Crippen LogP contribution in [0, 0.1) is 17.2 Å². The summed E-state index contributed by atoms with van der Waals surface area (Å²) < 4.78 is 26.6. The number of rotatable bonds is 5. The Balaban J connectivity index is 1.34. The molecule has 2 aromatic rings. The van der Waals surface area contributed by atoms with Gasteiger partial charge in [-0.25, -0.2) is 9.18 Å². The third-order valence-electron chi connectivity index (χ3n) is 7.56. The zero-order valence-electron chi connectivity index (χ0n) is 19.7. The lowest BCUT2D eigenvalue weighted by atomic mass is 9.85. The third kappa shape index (κ3) is 4.33. The molecule has 2 atom stereocenters. The van der Waals surface area contributed by atoms with Crippen molar-refractivity contribution in [2.75, 3.05) is 26.2 Å². The standard InChI is InChI=1S/C27H33FN2O3/c1-4-32-20-7-5-17(6-8-20)21-13-19-15-27(2,3)25(22(19)14-23(21)28)29-26(31)33-24-16-30-11-9-18(24)10-12-30/h5-8,13-14,18,24-25H,4,9-12,15-16H2,1-3H3,(H,29,31)/t24-,25?/m0/s1. The zero-order valence-corrected chi connectivity index (χ0v) is 19.7. The van der Waals surface area contributed by atoms with Gasteiger partial charge >= 0.3 is 6.09 Å². The van der Waals surface area contributed by atoms with E-state index in [0.29, 0.717) is 18.1 Å². The van der Waals surface area contributed by atoms with E-state index in [2.05, 4.69) is 24.1 Å². The van der Waals surface area contributed by atoms with Crippen molar-refractivity contribution in [3.63, 3.8) is 0 Å². The number of nitrogens with one attached hydrogen (secondary N) is 1. The molecule has 0 radical (unpaired) electrons. The Labute approximate surface area is 195 Å². The Bertz CT molecular complexity index is 1030. The van der Waals surface area contributed by atoms with E-state index in [4.69, 9.17) is 9.47 Å². The largest absolute Gasteiger partial charge is 0.494 e. The van der Waals surface area contributed by atoms with Crippen LogP contribution in [0.2, 0.25) is 0 Å². The SMILES string of the molecule is CCOc1ccc(-c2cc3c(cc2F)C(NC(=O)O[C@H]2CN4CCC2CC4)C(C)(C)C3)cc1. The van der Waals surface area contributed by atoms with Crippen LogP contribution in [0.3, 0.4) is 0 Å². The van der Waals surface area contributed by atoms with Gasteiger partial charge in [-0.15, -0.1) is 0 Å². The molecule has 0 saturated carbocycles. The van der Waals surface area contributed by atoms with E-state index in [1.807, 2.05) is 37.3 Å². The highest BCUT2D eigenvalue weighted by Crippen LogP contribution is 2.47. The van der Waals surface area contributed by atoms with Gasteiger partial charge in [-0.2, -0.15) is 0 Å². The number of halogens is 1. The Morgan fingerprint density at radius 2 is 1.91 bits per heavy atom. The fourth-order valence-electron chi connectivity index (χ4n) is 5.79. The van der Waals surface area contributed by atoms with Crippen LogP contribution in [0.1, 0.15) is 50.8 Å². The number of hydrogen-bond donors (Lipinski definition) is 1. The first kappa shape index (κ1) is 22.2. The molecule has 1 aliphatic carbocycles. The summed E-state index contributed by atoms with van der Waals surface area (Å²) >= 11 is 0. The van der Waals surface area contributed by atoms with Crippen molar-refractivity contribution < 1.29 is 18.7 Å². The number of benzene rings is 2. The van der Waals surface area contributed by atoms with Gasteiger partial charge in [-0.1, -0.05) is 26.0 Å². The van der Waals surface area contributed by atoms with Crippen molar-refractivity contribution in [3.05, 3.63) is 53.3 Å². The predicted molar refractivity (Wildman–Crippen MR) is 126 cm³/mol. The molecule has 5 nitrogen and oxygen atoms in total. The molecule has 6 rings (SSSR count). The topological polar surface area (TPSA) is 50.8 Å². The number of piperidine rings is 3. The van der Waals surface area contributed by atoms with Crippen molar-refractivity contribution in [2.45, 2.75) is 52.2 Å². The monoisotopic (exact) mass is 452 g/mol. The average Bonchev–Trinajstić information content (AvgIpc) is 3.03. The molecule has 3 fully saturated rings. The van der Waals surface area contributed by atoms with Crippen molar-refractivity contribution >= 4 is 6.09 Å². The van der Waals surface area contributed by atoms with Crippen LogP contribution in [0.25, 0.3) is 11.1 Å². The third-order valence-corrected chi connectivity index (χ3v) is 7.56. The predicted octanol–water partition coefficient (Wildman–Crippen LogP) is 5.34. The van der Waals surface area contributed by atoms with E-state index in [9.17, 15) is 4.79 Å². The first-order chi connectivity index (χ1) is 15.8. The molecule has 2 aromatic carbocycles. The number of amides is 1. The lowest BCUT2D eigenvalue weighted by molar-refractivity contribution is -0.0349. The smallest absolute Gasteiger partial charge is 0.407 e. The number of alkyl carbamates (subject to hydrolysis) is 1. The Morgan fingerprint density at radius 1 is 1.18 bits per heavy atom. The normalized spacial score (nSPS) is 27.2. The van der Waals surface area contributed by atoms with E-state index >= 15 is 4.39 Å². The first-order valence-corrected chi connectivity index (χ1v) is 12.1. The van der Waals surface area contributed by atoms with Gasteiger partial charge < -0.3 is 14.8 Å². The van der Waals surface area contributed by atoms with E-state index in [-0.39, 0.29) is 23.4 Å². The molecule has 176 valence electrons. The van der Waals surface area contributed by atoms with Gasteiger partial charge in [0, 0.05) is 12.1 Å². The number of nitrogens with zero attached hydrogens (tertiary/aromatic N) is 1. The molecule has 1 N–H and O–H groups in total. The molecule has 1 unspecified atom stereocenters. The number of carbonyl (C=O) groups excluding carboxylic acids is 1. The molecular weight excluding hydrogens is 419 g/mol. The fraction of sp³-hybridized carbons (Fsp3) is 0.519. The van der Waals surface area contributed by atoms with Crippen LogP contribution in [0.4, 0.5) is 9.18 Å². The molecule has 4 aliphatic rings. The van der Waals surface area contributed by atoms with Crippen LogP contribution in [-0.4, -0.2) is 43.3 Å². The second kappa shape index (κ2) is 8.64. The van der Waals surface area contributed by atoms with Crippen LogP contribution in [0.5, 0.6) is 5.75 Å². The summed E-state index contributed by atoms with van der Waals surface area (Å²) in [4.78, 5) is 15.2. The van der Waals surface area contributed by atoms with Crippen LogP contribution in [-0.2, 0) is 11.2 Å². The fourth-order valence-corrected chi connectivity index (χ4v) is 5.79. The lowest BCUT2D eigenvalue weighted by Gasteiger charge is -2.44. The van der Waals surface area contributed by atoms with Gasteiger partial charge in [-0.05, 0) is 91.6 Å². The second-order valence-electron chi connectivity index (χ2n) is 10.3. The van der Waals surface area contributed by atoms with Crippen molar-refractivity contribution in [3.8, 4) is 16.9 Å². The van der Waals surface area contributed by atoms with E-state index in [0.717, 1.165) is 61.3 Å². The molecule has 33 heavy (non-hydrogen) atoms. The van der Waals surface area contributed by atoms with Crippen molar-refractivity contribution in [1.82, 2.24) is 10.2 Å². The molecular formula is C27H33FN2O3. The first-order valence-electron chi connectivity index (χ1n) is 12.1. The van der Waals surface area contributed by atoms with Gasteiger partial charge in [0.2, 0.25) is 0 Å². The highest BCUT2D eigenvalue weighted by atomic mass is 19.1. The summed E-state index contributed by atoms with van der Waals surface area (Å²) in [5.41, 5.74) is 3.06. The maximum absolute atomic E-state index is 15.2. The summed E-state index contributed by atoms with van der Waals surface area (Å²) in [6, 6.07) is 10.7. The van der Waals surface area contributed by atoms with E-state index < -0.39 is 6.09 Å². The quantitative estimate of drug-likeness (QED) is 0.666. The molecule has 3 aliphatic heterocycles. The van der Waals surface area contributed by atoms with Gasteiger partial charge in [0.25, 0.3) is 0 Å². The number of hydrogen-bond acceptors (Lipinski definition) is 4. The van der Waals surface area contributed by atoms with Crippen LogP contribution in [0.15, 0.2) is 36.4 Å². The van der Waals surface area contributed by atoms with Gasteiger partial charge in [0.1, 0.15) is 17.7 Å². The maximum atomic E-state index is 15.2. The van der Waals surface area contributed by atoms with Crippen molar-refractivity contribution in [2.24, 2.45) is 11.3 Å². The Kier molecular flexibility index (Phi) is 5.81. The van der Waals surface area contributed by atoms with Gasteiger partial charge in [0.15, 0.2) is 0 Å². The van der Waals surface area contributed by atoms with Gasteiger partial charge in [0.05, 0.1) is 12.6 Å². The second-order valence-corrected chi connectivity index (χ2v) is 10.3. The zero-order chi connectivity index (χ0) is 23.2. The highest BCUT2D eigenvalue weighted by Gasteiger charge is 2.42. The summed E-state index contributed by atoms with van der Waals surface area (Å²) in [5, 5.41) is 3.08. The maximum Gasteiger partial charge on any atom is 0.407 e. The Morgan fingerprint density at radius 3 is 2.55 bits per heavy atom. The van der Waals surface area contributed by atoms with Crippen LogP contribution < -0.4 is 10.1 Å². The molecule has 0 spiro atoms. The summed E-state index contributed by atoms with van der Waals surface area (Å²) in [6.07, 6.45) is 2.51. The van der Waals surface area contributed by atoms with Crippen molar-refractivity contribution in [1.29, 1.82) is 0 Å². The molecule has 1 amide bonds. The molecule has 6 heteroatoms. The number of carbonyl (C=O) groups is 1. The Hall–Kier alpha value is -2.60. The molecule has 3 heterocycles. The van der Waals surface area contributed by atoms with E-state index in [1.54, 1.807) is 6.07 Å². The minimum Gasteiger partial charge on any atom is -0.494 e. The minimum atomic E-state index is -0.393. The van der Waals surface area contributed by atoms with Crippen LogP contribution >= 0.6 is 0 Å². The lowest BCUT2D eigenvalue weighted by Crippen LogP contribution is -2.53. The molecule has 0 aromatic heterocycles. The average molecular weight is 453 g/mol. The molecule has 2 bridgehead atoms. The number of ether oxygens (including phenoxy) is 2. The summed E-state index contributed by atoms with van der Waals surface area (Å²) in [5.74, 6) is 0.946. The summed E-state index contributed by atoms with van der Waals surface area (Å²) in [7, 11) is 0. The number of fused-ring (bicyclic) bond motifs is 4. The highest BCUT2D eigenvalue weighted by molar-refractivity contribution is 5.70. The minimum absolute atomic E-state index is 0.0461. The molecule has 3 saturated heterocycles. The van der Waals surface area contributed by atoms with Gasteiger partial charge in [-0.3, -0.25) is 4.90 Å². The van der Waals surface area contributed by atoms with E-state index in [1.165, 1.54) is 0 Å². The summed E-state index contributed by atoms with van der Waals surface area (Å²) in [6.45, 7) is 9.78.